The number of nitrogens with one attached hydrogen (secondary N) is 1. The van der Waals surface area contributed by atoms with Gasteiger partial charge in [0.25, 0.3) is 0 Å². The number of nitrogens with zero attached hydrogens (tertiary/aromatic N) is 2. The van der Waals surface area contributed by atoms with Crippen LogP contribution in [0.2, 0.25) is 0 Å². The molecule has 4 heteroatoms. The van der Waals surface area contributed by atoms with Crippen molar-refractivity contribution in [1.29, 1.82) is 5.26 Å². The predicted octanol–water partition coefficient (Wildman–Crippen LogP) is 1.28. The predicted molar refractivity (Wildman–Crippen MR) is 62.7 cm³/mol. The highest BCUT2D eigenvalue weighted by Gasteiger charge is 2.22. The molecule has 0 radical (unpaired) electrons. The van der Waals surface area contributed by atoms with Gasteiger partial charge in [0, 0.05) is 12.6 Å². The molecule has 1 aliphatic rings. The molecule has 1 saturated heterocycles. The molecule has 0 aromatic rings. The van der Waals surface area contributed by atoms with Crippen molar-refractivity contribution >= 4 is 5.91 Å². The quantitative estimate of drug-likeness (QED) is 0.714. The largest absolute Gasteiger partial charge is 0.354 e. The second-order valence-corrected chi connectivity index (χ2v) is 4.29. The Hall–Kier alpha value is -1.08. The average Bonchev–Trinajstić information content (AvgIpc) is 2.30. The van der Waals surface area contributed by atoms with Gasteiger partial charge in [0.1, 0.15) is 0 Å². The van der Waals surface area contributed by atoms with E-state index in [2.05, 4.69) is 17.1 Å². The Bertz CT molecular complexity index is 259. The van der Waals surface area contributed by atoms with Crippen molar-refractivity contribution in [3.8, 4) is 6.07 Å². The first kappa shape index (κ1) is 13.0. The highest BCUT2D eigenvalue weighted by Crippen LogP contribution is 2.18. The van der Waals surface area contributed by atoms with Crippen LogP contribution in [0.15, 0.2) is 0 Å². The van der Waals surface area contributed by atoms with Crippen LogP contribution in [0.5, 0.6) is 0 Å². The summed E-state index contributed by atoms with van der Waals surface area (Å²) < 4.78 is 0. The number of hydrogen-bond acceptors (Lipinski definition) is 3. The first-order valence-electron chi connectivity index (χ1n) is 6.15. The summed E-state index contributed by atoms with van der Waals surface area (Å²) in [5, 5.41) is 11.1. The fourth-order valence-electron chi connectivity index (χ4n) is 2.23. The van der Waals surface area contributed by atoms with Crippen LogP contribution in [0, 0.1) is 11.3 Å². The van der Waals surface area contributed by atoms with Crippen molar-refractivity contribution in [1.82, 2.24) is 10.2 Å². The SMILES string of the molecule is CCC1CCCCN1CC(=O)NCCC#N. The minimum atomic E-state index is 0.0515. The summed E-state index contributed by atoms with van der Waals surface area (Å²) in [6.45, 7) is 4.17. The molecule has 1 aliphatic heterocycles. The maximum atomic E-state index is 11.6. The highest BCUT2D eigenvalue weighted by molar-refractivity contribution is 5.78. The lowest BCUT2D eigenvalue weighted by Crippen LogP contribution is -2.45. The van der Waals surface area contributed by atoms with Gasteiger partial charge in [-0.1, -0.05) is 13.3 Å². The smallest absolute Gasteiger partial charge is 0.234 e. The fraction of sp³-hybridized carbons (Fsp3) is 0.833. The number of amides is 1. The number of carbonyl (C=O) groups is 1. The monoisotopic (exact) mass is 223 g/mol. The fourth-order valence-corrected chi connectivity index (χ4v) is 2.23. The first-order valence-corrected chi connectivity index (χ1v) is 6.15. The Morgan fingerprint density at radius 3 is 3.06 bits per heavy atom. The van der Waals surface area contributed by atoms with Gasteiger partial charge in [-0.3, -0.25) is 9.69 Å². The maximum Gasteiger partial charge on any atom is 0.234 e. The van der Waals surface area contributed by atoms with Crippen LogP contribution in [-0.4, -0.2) is 36.5 Å². The molecule has 1 N–H and O–H groups in total. The molecule has 4 nitrogen and oxygen atoms in total. The third-order valence-corrected chi connectivity index (χ3v) is 3.13. The molecule has 1 rings (SSSR count). The molecular formula is C12H21N3O. The number of carbonyl (C=O) groups excluding carboxylic acids is 1. The van der Waals surface area contributed by atoms with E-state index < -0.39 is 0 Å². The third-order valence-electron chi connectivity index (χ3n) is 3.13. The summed E-state index contributed by atoms with van der Waals surface area (Å²) in [6.07, 6.45) is 5.20. The summed E-state index contributed by atoms with van der Waals surface area (Å²) in [5.41, 5.74) is 0. The molecule has 0 aromatic heterocycles. The van der Waals surface area contributed by atoms with Crippen molar-refractivity contribution in [2.24, 2.45) is 0 Å². The summed E-state index contributed by atoms with van der Waals surface area (Å²) >= 11 is 0. The number of nitriles is 1. The van der Waals surface area contributed by atoms with Crippen molar-refractivity contribution < 1.29 is 4.79 Å². The van der Waals surface area contributed by atoms with Gasteiger partial charge in [-0.15, -0.1) is 0 Å². The van der Waals surface area contributed by atoms with E-state index >= 15 is 0 Å². The molecule has 0 aliphatic carbocycles. The molecule has 0 bridgehead atoms. The molecular weight excluding hydrogens is 202 g/mol. The van der Waals surface area contributed by atoms with E-state index in [0.717, 1.165) is 13.0 Å². The average molecular weight is 223 g/mol. The van der Waals surface area contributed by atoms with Crippen LogP contribution in [0.3, 0.4) is 0 Å². The summed E-state index contributed by atoms with van der Waals surface area (Å²) in [5.74, 6) is 0.0515. The van der Waals surface area contributed by atoms with Crippen molar-refractivity contribution in [2.45, 2.75) is 45.1 Å². The van der Waals surface area contributed by atoms with E-state index in [1.165, 1.54) is 19.3 Å². The van der Waals surface area contributed by atoms with Gasteiger partial charge >= 0.3 is 0 Å². The number of hydrogen-bond donors (Lipinski definition) is 1. The maximum absolute atomic E-state index is 11.6. The zero-order valence-corrected chi connectivity index (χ0v) is 10.0. The van der Waals surface area contributed by atoms with Gasteiger partial charge in [-0.25, -0.2) is 0 Å². The number of rotatable bonds is 5. The topological polar surface area (TPSA) is 56.1 Å². The summed E-state index contributed by atoms with van der Waals surface area (Å²) in [4.78, 5) is 13.9. The second-order valence-electron chi connectivity index (χ2n) is 4.29. The molecule has 0 saturated carbocycles. The van der Waals surface area contributed by atoms with Gasteiger partial charge < -0.3 is 5.32 Å². The minimum Gasteiger partial charge on any atom is -0.354 e. The van der Waals surface area contributed by atoms with E-state index in [1.807, 2.05) is 6.07 Å². The molecule has 0 spiro atoms. The van der Waals surface area contributed by atoms with Gasteiger partial charge in [0.05, 0.1) is 19.0 Å². The van der Waals surface area contributed by atoms with Crippen LogP contribution in [0.4, 0.5) is 0 Å². The van der Waals surface area contributed by atoms with Crippen LogP contribution >= 0.6 is 0 Å². The lowest BCUT2D eigenvalue weighted by molar-refractivity contribution is -0.123. The highest BCUT2D eigenvalue weighted by atomic mass is 16.2. The molecule has 1 atom stereocenters. The normalized spacial score (nSPS) is 21.4. The van der Waals surface area contributed by atoms with E-state index in [-0.39, 0.29) is 5.91 Å². The Morgan fingerprint density at radius 1 is 1.56 bits per heavy atom. The third kappa shape index (κ3) is 4.19. The lowest BCUT2D eigenvalue weighted by Gasteiger charge is -2.34. The molecule has 1 fully saturated rings. The van der Waals surface area contributed by atoms with E-state index in [0.29, 0.717) is 25.6 Å². The Balaban J connectivity index is 2.28. The Kier molecular flexibility index (Phi) is 5.87. The first-order chi connectivity index (χ1) is 7.77. The van der Waals surface area contributed by atoms with Crippen LogP contribution < -0.4 is 5.32 Å². The molecule has 0 aromatic carbocycles. The van der Waals surface area contributed by atoms with Gasteiger partial charge in [-0.2, -0.15) is 5.26 Å². The molecule has 90 valence electrons. The van der Waals surface area contributed by atoms with Gasteiger partial charge in [-0.05, 0) is 25.8 Å². The summed E-state index contributed by atoms with van der Waals surface area (Å²) in [6, 6.07) is 2.58. The summed E-state index contributed by atoms with van der Waals surface area (Å²) in [7, 11) is 0. The molecule has 1 unspecified atom stereocenters. The second kappa shape index (κ2) is 7.24. The molecule has 1 amide bonds. The molecule has 1 heterocycles. The van der Waals surface area contributed by atoms with Crippen molar-refractivity contribution in [3.63, 3.8) is 0 Å². The number of likely N-dealkylation sites (tertiary alicyclic amines) is 1. The van der Waals surface area contributed by atoms with Crippen LogP contribution in [0.1, 0.15) is 39.0 Å². The zero-order valence-electron chi connectivity index (χ0n) is 10.0. The standard InChI is InChI=1S/C12H21N3O/c1-2-11-6-3-4-9-15(11)10-12(16)14-8-5-7-13/h11H,2-6,8-10H2,1H3,(H,14,16). The van der Waals surface area contributed by atoms with Crippen molar-refractivity contribution in [3.05, 3.63) is 0 Å². The van der Waals surface area contributed by atoms with Crippen LogP contribution in [-0.2, 0) is 4.79 Å². The van der Waals surface area contributed by atoms with E-state index in [4.69, 9.17) is 5.26 Å². The Morgan fingerprint density at radius 2 is 2.38 bits per heavy atom. The lowest BCUT2D eigenvalue weighted by atomic mass is 10.0. The van der Waals surface area contributed by atoms with E-state index in [1.54, 1.807) is 0 Å². The minimum absolute atomic E-state index is 0.0515. The van der Waals surface area contributed by atoms with Crippen molar-refractivity contribution in [2.75, 3.05) is 19.6 Å². The van der Waals surface area contributed by atoms with Gasteiger partial charge in [0.2, 0.25) is 5.91 Å². The van der Waals surface area contributed by atoms with Crippen LogP contribution in [0.25, 0.3) is 0 Å². The molecule has 16 heavy (non-hydrogen) atoms. The zero-order chi connectivity index (χ0) is 11.8. The van der Waals surface area contributed by atoms with Gasteiger partial charge in [0.15, 0.2) is 0 Å². The number of piperidine rings is 1. The van der Waals surface area contributed by atoms with E-state index in [9.17, 15) is 4.79 Å². The Labute approximate surface area is 97.6 Å².